The summed E-state index contributed by atoms with van der Waals surface area (Å²) in [6.45, 7) is 4.31. The summed E-state index contributed by atoms with van der Waals surface area (Å²) in [5.74, 6) is 1.45. The van der Waals surface area contributed by atoms with Crippen LogP contribution in [0.2, 0.25) is 0 Å². The first kappa shape index (κ1) is 9.97. The van der Waals surface area contributed by atoms with Crippen molar-refractivity contribution in [1.82, 2.24) is 9.97 Å². The number of hydrogen-bond donors (Lipinski definition) is 0. The predicted octanol–water partition coefficient (Wildman–Crippen LogP) is 2.81. The van der Waals surface area contributed by atoms with Gasteiger partial charge in [-0.15, -0.1) is 11.8 Å². The van der Waals surface area contributed by atoms with E-state index in [9.17, 15) is 0 Å². The van der Waals surface area contributed by atoms with Crippen LogP contribution in [0.15, 0.2) is 5.03 Å². The highest BCUT2D eigenvalue weighted by atomic mass is 32.2. The molecule has 0 spiro atoms. The van der Waals surface area contributed by atoms with E-state index in [1.165, 1.54) is 29.1 Å². The van der Waals surface area contributed by atoms with Gasteiger partial charge in [-0.2, -0.15) is 0 Å². The topological polar surface area (TPSA) is 25.8 Å². The average molecular weight is 208 g/mol. The van der Waals surface area contributed by atoms with Gasteiger partial charge in [-0.25, -0.2) is 9.97 Å². The van der Waals surface area contributed by atoms with Crippen LogP contribution in [0.5, 0.6) is 0 Å². The number of fused-ring (bicyclic) bond motifs is 1. The van der Waals surface area contributed by atoms with E-state index >= 15 is 0 Å². The molecule has 1 aliphatic rings. The zero-order valence-electron chi connectivity index (χ0n) is 9.00. The van der Waals surface area contributed by atoms with Crippen LogP contribution in [0.3, 0.4) is 0 Å². The minimum atomic E-state index is 0.437. The molecule has 0 N–H and O–H groups in total. The lowest BCUT2D eigenvalue weighted by Gasteiger charge is -2.09. The maximum Gasteiger partial charge on any atom is 0.132 e. The Morgan fingerprint density at radius 2 is 2.00 bits per heavy atom. The number of hydrogen-bond acceptors (Lipinski definition) is 3. The fraction of sp³-hybridized carbons (Fsp3) is 0.636. The summed E-state index contributed by atoms with van der Waals surface area (Å²) < 4.78 is 0. The highest BCUT2D eigenvalue weighted by Crippen LogP contribution is 2.29. The van der Waals surface area contributed by atoms with Gasteiger partial charge in [0.1, 0.15) is 10.9 Å². The van der Waals surface area contributed by atoms with E-state index in [1.807, 2.05) is 0 Å². The van der Waals surface area contributed by atoms with Gasteiger partial charge >= 0.3 is 0 Å². The minimum absolute atomic E-state index is 0.437. The van der Waals surface area contributed by atoms with Crippen molar-refractivity contribution in [3.63, 3.8) is 0 Å². The molecule has 3 heteroatoms. The Labute approximate surface area is 89.5 Å². The zero-order chi connectivity index (χ0) is 10.1. The van der Waals surface area contributed by atoms with Crippen LogP contribution in [0.25, 0.3) is 0 Å². The first-order chi connectivity index (χ1) is 6.72. The first-order valence-electron chi connectivity index (χ1n) is 5.16. The second-order valence-electron chi connectivity index (χ2n) is 4.02. The molecule has 0 amide bonds. The second-order valence-corrected chi connectivity index (χ2v) is 4.82. The van der Waals surface area contributed by atoms with Crippen LogP contribution in [-0.4, -0.2) is 16.2 Å². The van der Waals surface area contributed by atoms with E-state index in [0.29, 0.717) is 5.92 Å². The van der Waals surface area contributed by atoms with E-state index in [2.05, 4.69) is 30.1 Å². The summed E-state index contributed by atoms with van der Waals surface area (Å²) in [5.41, 5.74) is 2.70. The average Bonchev–Trinajstić information content (AvgIpc) is 2.63. The standard InChI is InChI=1S/C11H16N2S/c1-7(2)10-12-9-6-4-5-8(9)11(13-10)14-3/h7H,4-6H2,1-3H3. The number of thioether (sulfide) groups is 1. The zero-order valence-corrected chi connectivity index (χ0v) is 9.82. The van der Waals surface area contributed by atoms with Gasteiger partial charge in [-0.05, 0) is 25.5 Å². The molecular formula is C11H16N2S. The number of rotatable bonds is 2. The third-order valence-electron chi connectivity index (χ3n) is 2.62. The SMILES string of the molecule is CSc1nc(C(C)C)nc2c1CCC2. The summed E-state index contributed by atoms with van der Waals surface area (Å²) in [5, 5.41) is 1.20. The number of nitrogens with zero attached hydrogens (tertiary/aromatic N) is 2. The summed E-state index contributed by atoms with van der Waals surface area (Å²) in [7, 11) is 0. The predicted molar refractivity (Wildman–Crippen MR) is 59.9 cm³/mol. The highest BCUT2D eigenvalue weighted by molar-refractivity contribution is 7.98. The lowest BCUT2D eigenvalue weighted by Crippen LogP contribution is -2.03. The summed E-state index contributed by atoms with van der Waals surface area (Å²) in [6.07, 6.45) is 5.67. The largest absolute Gasteiger partial charge is 0.237 e. The van der Waals surface area contributed by atoms with Crippen LogP contribution in [-0.2, 0) is 12.8 Å². The van der Waals surface area contributed by atoms with E-state index in [4.69, 9.17) is 0 Å². The normalized spacial score (nSPS) is 14.9. The molecule has 14 heavy (non-hydrogen) atoms. The smallest absolute Gasteiger partial charge is 0.132 e. The molecule has 0 bridgehead atoms. The molecule has 0 saturated heterocycles. The van der Waals surface area contributed by atoms with Crippen molar-refractivity contribution in [2.24, 2.45) is 0 Å². The Bertz CT molecular complexity index is 347. The van der Waals surface area contributed by atoms with Gasteiger partial charge in [0.15, 0.2) is 0 Å². The Morgan fingerprint density at radius 1 is 1.21 bits per heavy atom. The van der Waals surface area contributed by atoms with Crippen molar-refractivity contribution in [2.45, 2.75) is 44.1 Å². The van der Waals surface area contributed by atoms with Gasteiger partial charge in [0.2, 0.25) is 0 Å². The maximum atomic E-state index is 4.64. The Morgan fingerprint density at radius 3 is 2.64 bits per heavy atom. The summed E-state index contributed by atoms with van der Waals surface area (Å²) >= 11 is 1.75. The highest BCUT2D eigenvalue weighted by Gasteiger charge is 2.19. The van der Waals surface area contributed by atoms with Crippen LogP contribution in [0.1, 0.15) is 43.3 Å². The van der Waals surface area contributed by atoms with Crippen LogP contribution < -0.4 is 0 Å². The molecule has 1 aromatic rings. The molecular weight excluding hydrogens is 192 g/mol. The molecule has 0 atom stereocenters. The first-order valence-corrected chi connectivity index (χ1v) is 6.38. The third-order valence-corrected chi connectivity index (χ3v) is 3.35. The van der Waals surface area contributed by atoms with E-state index in [1.54, 1.807) is 11.8 Å². The fourth-order valence-corrected chi connectivity index (χ4v) is 2.49. The van der Waals surface area contributed by atoms with Crippen molar-refractivity contribution in [2.75, 3.05) is 6.26 Å². The van der Waals surface area contributed by atoms with Gasteiger partial charge in [0.05, 0.1) is 0 Å². The molecule has 0 saturated carbocycles. The molecule has 1 aromatic heterocycles. The maximum absolute atomic E-state index is 4.64. The van der Waals surface area contributed by atoms with Crippen LogP contribution >= 0.6 is 11.8 Å². The quantitative estimate of drug-likeness (QED) is 0.552. The molecule has 2 rings (SSSR count). The molecule has 0 aliphatic heterocycles. The Kier molecular flexibility index (Phi) is 2.77. The van der Waals surface area contributed by atoms with Crippen molar-refractivity contribution in [3.05, 3.63) is 17.1 Å². The van der Waals surface area contributed by atoms with E-state index in [-0.39, 0.29) is 0 Å². The molecule has 0 aromatic carbocycles. The van der Waals surface area contributed by atoms with Crippen molar-refractivity contribution in [1.29, 1.82) is 0 Å². The Balaban J connectivity index is 2.49. The monoisotopic (exact) mass is 208 g/mol. The minimum Gasteiger partial charge on any atom is -0.237 e. The Hall–Kier alpha value is -0.570. The number of aromatic nitrogens is 2. The van der Waals surface area contributed by atoms with E-state index < -0.39 is 0 Å². The van der Waals surface area contributed by atoms with Gasteiger partial charge in [0.25, 0.3) is 0 Å². The molecule has 76 valence electrons. The third kappa shape index (κ3) is 1.65. The molecule has 0 radical (unpaired) electrons. The lowest BCUT2D eigenvalue weighted by molar-refractivity contribution is 0.737. The summed E-state index contributed by atoms with van der Waals surface area (Å²) in [6, 6.07) is 0. The number of aryl methyl sites for hydroxylation is 1. The van der Waals surface area contributed by atoms with E-state index in [0.717, 1.165) is 12.2 Å². The lowest BCUT2D eigenvalue weighted by atomic mass is 10.2. The fourth-order valence-electron chi connectivity index (χ4n) is 1.84. The van der Waals surface area contributed by atoms with Crippen molar-refractivity contribution >= 4 is 11.8 Å². The molecule has 1 aliphatic carbocycles. The molecule has 1 heterocycles. The molecule has 2 nitrogen and oxygen atoms in total. The van der Waals surface area contributed by atoms with Gasteiger partial charge < -0.3 is 0 Å². The van der Waals surface area contributed by atoms with Crippen LogP contribution in [0.4, 0.5) is 0 Å². The summed E-state index contributed by atoms with van der Waals surface area (Å²) in [4.78, 5) is 9.25. The molecule has 0 fully saturated rings. The second kappa shape index (κ2) is 3.89. The van der Waals surface area contributed by atoms with Gasteiger partial charge in [0, 0.05) is 17.2 Å². The van der Waals surface area contributed by atoms with Crippen molar-refractivity contribution in [3.8, 4) is 0 Å². The van der Waals surface area contributed by atoms with Crippen LogP contribution in [0, 0.1) is 0 Å². The van der Waals surface area contributed by atoms with Crippen molar-refractivity contribution < 1.29 is 0 Å². The van der Waals surface area contributed by atoms with Gasteiger partial charge in [-0.1, -0.05) is 13.8 Å². The molecule has 0 unspecified atom stereocenters. The van der Waals surface area contributed by atoms with Gasteiger partial charge in [-0.3, -0.25) is 0 Å².